The second-order valence-electron chi connectivity index (χ2n) is 12.3. The first-order chi connectivity index (χ1) is 24.6. The normalized spacial score (nSPS) is 14.3. The number of pyridine rings is 1. The molecule has 0 bridgehead atoms. The van der Waals surface area contributed by atoms with Gasteiger partial charge >= 0.3 is 5.97 Å². The van der Waals surface area contributed by atoms with Gasteiger partial charge in [0.25, 0.3) is 11.5 Å². The number of aliphatic hydroxyl groups is 1. The summed E-state index contributed by atoms with van der Waals surface area (Å²) >= 11 is 0. The molecule has 6 rings (SSSR count). The van der Waals surface area contributed by atoms with E-state index in [9.17, 15) is 19.5 Å². The van der Waals surface area contributed by atoms with Crippen LogP contribution in [0, 0.1) is 12.7 Å². The van der Waals surface area contributed by atoms with E-state index in [1.807, 2.05) is 6.07 Å². The minimum Gasteiger partial charge on any atom is -0.491 e. The maximum atomic E-state index is 15.3. The zero-order valence-corrected chi connectivity index (χ0v) is 28.3. The Labute approximate surface area is 292 Å². The van der Waals surface area contributed by atoms with Crippen molar-refractivity contribution in [2.24, 2.45) is 12.8 Å². The number of piperidine rings is 1. The highest BCUT2D eigenvalue weighted by Gasteiger charge is 2.25. The SMILES string of the molecule is Cc1c(C(=O)Nc2ccc(Oc3ccnc4cc(OCC(O)CN5CCC(OC(=O)CN)CC5)ccc34)c(F)c2)c(=O)n(-c2ccccc2)n1C. The zero-order chi connectivity index (χ0) is 36.1. The van der Waals surface area contributed by atoms with Gasteiger partial charge < -0.3 is 35.3 Å². The Balaban J connectivity index is 1.06. The summed E-state index contributed by atoms with van der Waals surface area (Å²) in [6, 6.07) is 19.7. The van der Waals surface area contributed by atoms with E-state index in [4.69, 9.17) is 19.9 Å². The number of carbonyl (C=O) groups is 2. The molecule has 0 aliphatic carbocycles. The molecule has 1 amide bonds. The largest absolute Gasteiger partial charge is 0.491 e. The van der Waals surface area contributed by atoms with Crippen molar-refractivity contribution in [2.75, 3.05) is 38.1 Å². The number of fused-ring (bicyclic) bond motifs is 1. The van der Waals surface area contributed by atoms with Crippen LogP contribution >= 0.6 is 0 Å². The summed E-state index contributed by atoms with van der Waals surface area (Å²) in [5.41, 5.74) is 6.54. The molecule has 1 saturated heterocycles. The third-order valence-corrected chi connectivity index (χ3v) is 8.78. The van der Waals surface area contributed by atoms with Gasteiger partial charge in [-0.3, -0.25) is 24.0 Å². The molecule has 51 heavy (non-hydrogen) atoms. The smallest absolute Gasteiger partial charge is 0.319 e. The molecule has 1 fully saturated rings. The molecule has 5 aromatic rings. The number of β-amino-alcohol motifs (C(OH)–C–C–N with tert-alkyl or cyclic N) is 1. The number of halogens is 1. The fourth-order valence-corrected chi connectivity index (χ4v) is 6.07. The molecule has 1 aliphatic rings. The van der Waals surface area contributed by atoms with Crippen molar-refractivity contribution in [3.05, 3.63) is 106 Å². The van der Waals surface area contributed by atoms with Crippen molar-refractivity contribution in [3.8, 4) is 22.9 Å². The van der Waals surface area contributed by atoms with Crippen molar-refractivity contribution in [1.29, 1.82) is 0 Å². The Hall–Kier alpha value is -5.57. The van der Waals surface area contributed by atoms with Gasteiger partial charge in [-0.2, -0.15) is 0 Å². The van der Waals surface area contributed by atoms with Crippen LogP contribution in [0.1, 0.15) is 28.9 Å². The second-order valence-corrected chi connectivity index (χ2v) is 12.3. The molecule has 1 atom stereocenters. The predicted octanol–water partition coefficient (Wildman–Crippen LogP) is 3.92. The molecule has 1 unspecified atom stereocenters. The number of esters is 1. The number of benzene rings is 3. The van der Waals surface area contributed by atoms with Gasteiger partial charge in [0.2, 0.25) is 0 Å². The Morgan fingerprint density at radius 1 is 1.06 bits per heavy atom. The summed E-state index contributed by atoms with van der Waals surface area (Å²) in [5, 5.41) is 13.8. The van der Waals surface area contributed by atoms with Gasteiger partial charge in [-0.25, -0.2) is 9.07 Å². The van der Waals surface area contributed by atoms with Crippen LogP contribution in [-0.2, 0) is 16.6 Å². The molecule has 266 valence electrons. The first kappa shape index (κ1) is 35.3. The fourth-order valence-electron chi connectivity index (χ4n) is 6.07. The maximum Gasteiger partial charge on any atom is 0.319 e. The first-order valence-electron chi connectivity index (χ1n) is 16.6. The van der Waals surface area contributed by atoms with E-state index in [-0.39, 0.29) is 36.3 Å². The van der Waals surface area contributed by atoms with Crippen molar-refractivity contribution >= 4 is 28.5 Å². The third kappa shape index (κ3) is 8.09. The van der Waals surface area contributed by atoms with Crippen LogP contribution in [0.4, 0.5) is 10.1 Å². The summed E-state index contributed by atoms with van der Waals surface area (Å²) in [5.74, 6) is -1.02. The van der Waals surface area contributed by atoms with Crippen molar-refractivity contribution in [3.63, 3.8) is 0 Å². The summed E-state index contributed by atoms with van der Waals surface area (Å²) in [4.78, 5) is 44.3. The van der Waals surface area contributed by atoms with Gasteiger partial charge in [0.15, 0.2) is 11.6 Å². The van der Waals surface area contributed by atoms with E-state index < -0.39 is 29.4 Å². The van der Waals surface area contributed by atoms with Crippen LogP contribution in [0.25, 0.3) is 16.6 Å². The number of nitrogens with two attached hydrogens (primary N) is 1. The molecule has 0 radical (unpaired) electrons. The molecule has 3 heterocycles. The van der Waals surface area contributed by atoms with Crippen LogP contribution in [0.3, 0.4) is 0 Å². The second kappa shape index (κ2) is 15.5. The van der Waals surface area contributed by atoms with Gasteiger partial charge in [0, 0.05) is 56.1 Å². The first-order valence-corrected chi connectivity index (χ1v) is 16.6. The number of para-hydroxylation sites is 1. The number of nitrogens with one attached hydrogen (secondary N) is 1. The zero-order valence-electron chi connectivity index (χ0n) is 28.3. The van der Waals surface area contributed by atoms with Gasteiger partial charge in [0.05, 0.1) is 23.4 Å². The van der Waals surface area contributed by atoms with E-state index in [1.54, 1.807) is 67.2 Å². The molecule has 2 aromatic heterocycles. The van der Waals surface area contributed by atoms with Crippen LogP contribution in [0.5, 0.6) is 17.2 Å². The topological polar surface area (TPSA) is 163 Å². The summed E-state index contributed by atoms with van der Waals surface area (Å²) in [7, 11) is 1.69. The lowest BCUT2D eigenvalue weighted by molar-refractivity contribution is -0.149. The number of hydrogen-bond donors (Lipinski definition) is 3. The van der Waals surface area contributed by atoms with Gasteiger partial charge in [-0.15, -0.1) is 0 Å². The number of aliphatic hydroxyl groups excluding tert-OH is 1. The van der Waals surface area contributed by atoms with Crippen LogP contribution in [0.2, 0.25) is 0 Å². The number of rotatable bonds is 12. The maximum absolute atomic E-state index is 15.3. The monoisotopic (exact) mass is 698 g/mol. The lowest BCUT2D eigenvalue weighted by Gasteiger charge is -2.32. The number of likely N-dealkylation sites (tertiary alicyclic amines) is 1. The Morgan fingerprint density at radius 2 is 1.82 bits per heavy atom. The highest BCUT2D eigenvalue weighted by Crippen LogP contribution is 2.33. The Kier molecular flexibility index (Phi) is 10.7. The molecular formula is C37H39FN6O7. The molecule has 13 nitrogen and oxygen atoms in total. The van der Waals surface area contributed by atoms with Crippen molar-refractivity contribution in [2.45, 2.75) is 32.0 Å². The van der Waals surface area contributed by atoms with E-state index in [0.717, 1.165) is 6.07 Å². The number of hydrogen-bond acceptors (Lipinski definition) is 10. The minimum atomic E-state index is -0.744. The highest BCUT2D eigenvalue weighted by molar-refractivity contribution is 6.05. The van der Waals surface area contributed by atoms with Crippen molar-refractivity contribution < 1.29 is 33.3 Å². The molecule has 0 saturated carbocycles. The van der Waals surface area contributed by atoms with E-state index in [2.05, 4.69) is 15.2 Å². The van der Waals surface area contributed by atoms with Crippen LogP contribution < -0.4 is 26.1 Å². The van der Waals surface area contributed by atoms with Crippen LogP contribution in [0.15, 0.2) is 83.8 Å². The average Bonchev–Trinajstić information content (AvgIpc) is 3.36. The lowest BCUT2D eigenvalue weighted by atomic mass is 10.1. The van der Waals surface area contributed by atoms with Gasteiger partial charge in [-0.05, 0) is 62.2 Å². The average molecular weight is 699 g/mol. The molecular weight excluding hydrogens is 659 g/mol. The molecule has 3 aromatic carbocycles. The molecule has 0 spiro atoms. The quantitative estimate of drug-likeness (QED) is 0.163. The van der Waals surface area contributed by atoms with Crippen molar-refractivity contribution in [1.82, 2.24) is 19.2 Å². The van der Waals surface area contributed by atoms with E-state index >= 15 is 4.39 Å². The minimum absolute atomic E-state index is 0.0483. The van der Waals surface area contributed by atoms with E-state index in [1.165, 1.54) is 23.0 Å². The Bertz CT molecular complexity index is 2090. The number of anilines is 1. The number of ether oxygens (including phenoxy) is 3. The number of carbonyl (C=O) groups excluding carboxylic acids is 2. The third-order valence-electron chi connectivity index (χ3n) is 8.78. The highest BCUT2D eigenvalue weighted by atomic mass is 19.1. The van der Waals surface area contributed by atoms with Crippen LogP contribution in [-0.4, -0.2) is 81.2 Å². The fraction of sp³-hybridized carbons (Fsp3) is 0.297. The van der Waals surface area contributed by atoms with E-state index in [0.29, 0.717) is 66.3 Å². The van der Waals surface area contributed by atoms with Gasteiger partial charge in [0.1, 0.15) is 35.9 Å². The summed E-state index contributed by atoms with van der Waals surface area (Å²) < 4.78 is 35.4. The summed E-state index contributed by atoms with van der Waals surface area (Å²) in [6.07, 6.45) is 1.99. The molecule has 1 aliphatic heterocycles. The lowest BCUT2D eigenvalue weighted by Crippen LogP contribution is -2.43. The van der Waals surface area contributed by atoms with Gasteiger partial charge in [-0.1, -0.05) is 18.2 Å². The standard InChI is InChI=1S/C37H39FN6O7/c1-23-35(37(48)44(42(23)2)25-6-4-3-5-7-25)36(47)41-24-8-11-33(30(38)18-24)51-32-12-15-40-31-19-28(9-10-29(31)32)49-22-26(45)21-43-16-13-27(14-17-43)50-34(46)20-39/h3-12,15,18-19,26-27,45H,13-14,16-17,20-22,39H2,1-2H3,(H,41,47). The predicted molar refractivity (Wildman–Crippen MR) is 188 cm³/mol. The number of nitrogens with zero attached hydrogens (tertiary/aromatic N) is 4. The molecule has 4 N–H and O–H groups in total. The number of aromatic nitrogens is 3. The number of amides is 1. The summed E-state index contributed by atoms with van der Waals surface area (Å²) in [6.45, 7) is 3.38. The Morgan fingerprint density at radius 3 is 2.55 bits per heavy atom. The molecule has 14 heteroatoms.